The van der Waals surface area contributed by atoms with Gasteiger partial charge in [0.1, 0.15) is 0 Å². The average Bonchev–Trinajstić information content (AvgIpc) is 2.85. The van der Waals surface area contributed by atoms with Crippen LogP contribution in [0.25, 0.3) is 0 Å². The Labute approximate surface area is 99.8 Å². The van der Waals surface area contributed by atoms with Crippen molar-refractivity contribution >= 4 is 12.6 Å². The van der Waals surface area contributed by atoms with Gasteiger partial charge >= 0.3 is 0 Å². The zero-order chi connectivity index (χ0) is 10.5. The van der Waals surface area contributed by atoms with E-state index < -0.39 is 0 Å². The molecule has 0 spiro atoms. The van der Waals surface area contributed by atoms with Crippen LogP contribution in [0.4, 0.5) is 0 Å². The van der Waals surface area contributed by atoms with E-state index in [1.54, 1.807) is 25.7 Å². The molecule has 1 nitrogen and oxygen atoms in total. The summed E-state index contributed by atoms with van der Waals surface area (Å²) in [5.74, 6) is 4.32. The standard InChI is InChI=1S/C13H25NS/c15-8-7-14-6-2-1-3-12-9-11-4-5-13(12)10-11/h11-15H,1-10H2. The molecule has 0 radical (unpaired) electrons. The minimum atomic E-state index is 0.965. The predicted octanol–water partition coefficient (Wildman–Crippen LogP) is 3.11. The Morgan fingerprint density at radius 3 is 2.67 bits per heavy atom. The molecule has 2 aliphatic rings. The first-order valence-electron chi connectivity index (χ1n) is 6.71. The van der Waals surface area contributed by atoms with Crippen molar-refractivity contribution in [3.8, 4) is 0 Å². The van der Waals surface area contributed by atoms with Gasteiger partial charge in [0, 0.05) is 12.3 Å². The summed E-state index contributed by atoms with van der Waals surface area (Å²) in [6, 6.07) is 0. The van der Waals surface area contributed by atoms with Gasteiger partial charge < -0.3 is 5.32 Å². The van der Waals surface area contributed by atoms with E-state index in [2.05, 4.69) is 17.9 Å². The van der Waals surface area contributed by atoms with Crippen LogP contribution >= 0.6 is 12.6 Å². The molecule has 3 unspecified atom stereocenters. The topological polar surface area (TPSA) is 12.0 Å². The second kappa shape index (κ2) is 6.15. The van der Waals surface area contributed by atoms with Gasteiger partial charge in [-0.1, -0.05) is 19.3 Å². The highest BCUT2D eigenvalue weighted by atomic mass is 32.1. The summed E-state index contributed by atoms with van der Waals surface area (Å²) in [6.07, 6.45) is 10.5. The van der Waals surface area contributed by atoms with Gasteiger partial charge in [-0.15, -0.1) is 0 Å². The van der Waals surface area contributed by atoms with Crippen LogP contribution in [-0.4, -0.2) is 18.8 Å². The van der Waals surface area contributed by atoms with E-state index in [0.29, 0.717) is 0 Å². The van der Waals surface area contributed by atoms with Crippen LogP contribution in [-0.2, 0) is 0 Å². The lowest BCUT2D eigenvalue weighted by Gasteiger charge is -2.21. The van der Waals surface area contributed by atoms with Crippen LogP contribution in [0.1, 0.15) is 44.9 Å². The van der Waals surface area contributed by atoms with Gasteiger partial charge in [-0.25, -0.2) is 0 Å². The van der Waals surface area contributed by atoms with Crippen molar-refractivity contribution in [2.45, 2.75) is 44.9 Å². The van der Waals surface area contributed by atoms with E-state index in [1.807, 2.05) is 0 Å². The molecule has 0 amide bonds. The van der Waals surface area contributed by atoms with Gasteiger partial charge in [0.25, 0.3) is 0 Å². The highest BCUT2D eigenvalue weighted by Crippen LogP contribution is 2.49. The van der Waals surface area contributed by atoms with Gasteiger partial charge in [0.15, 0.2) is 0 Å². The summed E-state index contributed by atoms with van der Waals surface area (Å²) >= 11 is 4.18. The largest absolute Gasteiger partial charge is 0.316 e. The lowest BCUT2D eigenvalue weighted by molar-refractivity contribution is 0.305. The minimum absolute atomic E-state index is 0.965. The summed E-state index contributed by atoms with van der Waals surface area (Å²) in [4.78, 5) is 0. The van der Waals surface area contributed by atoms with E-state index in [0.717, 1.165) is 30.1 Å². The maximum absolute atomic E-state index is 4.18. The fourth-order valence-electron chi connectivity index (χ4n) is 3.59. The first-order valence-corrected chi connectivity index (χ1v) is 7.35. The SMILES string of the molecule is SCCNCCCCC1CC2CCC1C2. The molecule has 1 N–H and O–H groups in total. The lowest BCUT2D eigenvalue weighted by atomic mass is 9.85. The van der Waals surface area contributed by atoms with Crippen molar-refractivity contribution in [3.05, 3.63) is 0 Å². The van der Waals surface area contributed by atoms with Crippen molar-refractivity contribution in [2.24, 2.45) is 17.8 Å². The number of rotatable bonds is 7. The number of hydrogen-bond acceptors (Lipinski definition) is 2. The summed E-state index contributed by atoms with van der Waals surface area (Å²) in [5.41, 5.74) is 0. The first kappa shape index (κ1) is 11.8. The summed E-state index contributed by atoms with van der Waals surface area (Å²) in [6.45, 7) is 2.26. The molecule has 2 heteroatoms. The molecule has 88 valence electrons. The molecule has 0 aromatic rings. The van der Waals surface area contributed by atoms with Crippen LogP contribution in [0.3, 0.4) is 0 Å². The van der Waals surface area contributed by atoms with E-state index in [4.69, 9.17) is 0 Å². The van der Waals surface area contributed by atoms with Crippen molar-refractivity contribution in [3.63, 3.8) is 0 Å². The molecule has 2 rings (SSSR count). The Balaban J connectivity index is 1.48. The number of unbranched alkanes of at least 4 members (excludes halogenated alkanes) is 1. The quantitative estimate of drug-likeness (QED) is 0.503. The summed E-state index contributed by atoms with van der Waals surface area (Å²) < 4.78 is 0. The minimum Gasteiger partial charge on any atom is -0.316 e. The molecule has 0 saturated heterocycles. The second-order valence-corrected chi connectivity index (χ2v) is 5.85. The molecular weight excluding hydrogens is 202 g/mol. The van der Waals surface area contributed by atoms with Crippen LogP contribution in [0.15, 0.2) is 0 Å². The third kappa shape index (κ3) is 3.39. The number of thiol groups is 1. The van der Waals surface area contributed by atoms with Crippen LogP contribution in [0, 0.1) is 17.8 Å². The zero-order valence-corrected chi connectivity index (χ0v) is 10.6. The molecule has 2 bridgehead atoms. The molecule has 3 atom stereocenters. The monoisotopic (exact) mass is 227 g/mol. The Kier molecular flexibility index (Phi) is 4.83. The van der Waals surface area contributed by atoms with Gasteiger partial charge in [-0.2, -0.15) is 12.6 Å². The summed E-state index contributed by atoms with van der Waals surface area (Å²) in [5, 5.41) is 3.42. The Morgan fingerprint density at radius 1 is 1.07 bits per heavy atom. The molecule has 2 aliphatic carbocycles. The molecule has 15 heavy (non-hydrogen) atoms. The van der Waals surface area contributed by atoms with Gasteiger partial charge in [0.05, 0.1) is 0 Å². The van der Waals surface area contributed by atoms with E-state index >= 15 is 0 Å². The second-order valence-electron chi connectivity index (χ2n) is 5.40. The number of nitrogens with one attached hydrogen (secondary N) is 1. The van der Waals surface area contributed by atoms with Crippen LogP contribution in [0.5, 0.6) is 0 Å². The van der Waals surface area contributed by atoms with Gasteiger partial charge in [-0.05, 0) is 50.0 Å². The maximum Gasteiger partial charge on any atom is 0.00397 e. The zero-order valence-electron chi connectivity index (χ0n) is 9.75. The first-order chi connectivity index (χ1) is 7.40. The molecular formula is C13H25NS. The van der Waals surface area contributed by atoms with Crippen LogP contribution < -0.4 is 5.32 Å². The molecule has 0 aliphatic heterocycles. The predicted molar refractivity (Wildman–Crippen MR) is 69.5 cm³/mol. The fraction of sp³-hybridized carbons (Fsp3) is 1.00. The van der Waals surface area contributed by atoms with Crippen molar-refractivity contribution < 1.29 is 0 Å². The Bertz CT molecular complexity index is 183. The lowest BCUT2D eigenvalue weighted by Crippen LogP contribution is -2.18. The van der Waals surface area contributed by atoms with Crippen LogP contribution in [0.2, 0.25) is 0 Å². The molecule has 0 heterocycles. The van der Waals surface area contributed by atoms with Crippen molar-refractivity contribution in [2.75, 3.05) is 18.8 Å². The fourth-order valence-corrected chi connectivity index (χ4v) is 3.75. The smallest absolute Gasteiger partial charge is 0.00397 e. The highest BCUT2D eigenvalue weighted by Gasteiger charge is 2.38. The molecule has 0 aromatic carbocycles. The highest BCUT2D eigenvalue weighted by molar-refractivity contribution is 7.80. The van der Waals surface area contributed by atoms with E-state index in [-0.39, 0.29) is 0 Å². The Hall–Kier alpha value is 0.310. The normalized spacial score (nSPS) is 33.8. The molecule has 2 saturated carbocycles. The number of fused-ring (bicyclic) bond motifs is 2. The molecule has 0 aromatic heterocycles. The summed E-state index contributed by atoms with van der Waals surface area (Å²) in [7, 11) is 0. The van der Waals surface area contributed by atoms with E-state index in [9.17, 15) is 0 Å². The van der Waals surface area contributed by atoms with Crippen molar-refractivity contribution in [1.82, 2.24) is 5.32 Å². The molecule has 2 fully saturated rings. The third-order valence-corrected chi connectivity index (χ3v) is 4.58. The maximum atomic E-state index is 4.18. The average molecular weight is 227 g/mol. The third-order valence-electron chi connectivity index (χ3n) is 4.35. The van der Waals surface area contributed by atoms with Gasteiger partial charge in [-0.3, -0.25) is 0 Å². The van der Waals surface area contributed by atoms with Gasteiger partial charge in [0.2, 0.25) is 0 Å². The Morgan fingerprint density at radius 2 is 2.00 bits per heavy atom. The van der Waals surface area contributed by atoms with Crippen molar-refractivity contribution in [1.29, 1.82) is 0 Å². The van der Waals surface area contributed by atoms with E-state index in [1.165, 1.54) is 25.8 Å². The number of hydrogen-bond donors (Lipinski definition) is 2.